The Hall–Kier alpha value is -1.92. The average Bonchev–Trinajstić information content (AvgIpc) is 2.25. The van der Waals surface area contributed by atoms with E-state index in [-0.39, 0.29) is 17.9 Å². The van der Waals surface area contributed by atoms with E-state index in [2.05, 4.69) is 9.72 Å². The van der Waals surface area contributed by atoms with E-state index in [1.807, 2.05) is 0 Å². The molecule has 0 saturated heterocycles. The van der Waals surface area contributed by atoms with Gasteiger partial charge in [0.15, 0.2) is 0 Å². The first-order chi connectivity index (χ1) is 7.97. The van der Waals surface area contributed by atoms with Crippen LogP contribution in [0.4, 0.5) is 14.5 Å². The van der Waals surface area contributed by atoms with Crippen LogP contribution in [0.2, 0.25) is 0 Å². The SMILES string of the molecule is CCOC(=O)Cc1c(C(F)F)[nH]cc(N)c1=O. The van der Waals surface area contributed by atoms with Crippen LogP contribution in [0.3, 0.4) is 0 Å². The number of anilines is 1. The van der Waals surface area contributed by atoms with Crippen LogP contribution in [-0.4, -0.2) is 17.6 Å². The summed E-state index contributed by atoms with van der Waals surface area (Å²) in [5.74, 6) is -0.745. The maximum absolute atomic E-state index is 12.6. The number of hydrogen-bond acceptors (Lipinski definition) is 4. The van der Waals surface area contributed by atoms with E-state index in [0.717, 1.165) is 6.20 Å². The molecule has 0 bridgehead atoms. The third-order valence-electron chi connectivity index (χ3n) is 2.09. The van der Waals surface area contributed by atoms with E-state index in [1.165, 1.54) is 0 Å². The third-order valence-corrected chi connectivity index (χ3v) is 2.09. The lowest BCUT2D eigenvalue weighted by atomic mass is 10.1. The Morgan fingerprint density at radius 1 is 1.59 bits per heavy atom. The molecule has 0 aliphatic carbocycles. The Kier molecular flexibility index (Phi) is 4.19. The molecule has 0 atom stereocenters. The summed E-state index contributed by atoms with van der Waals surface area (Å²) in [5, 5.41) is 0. The largest absolute Gasteiger partial charge is 0.466 e. The normalized spacial score (nSPS) is 10.6. The van der Waals surface area contributed by atoms with E-state index in [4.69, 9.17) is 5.73 Å². The highest BCUT2D eigenvalue weighted by atomic mass is 19.3. The fraction of sp³-hybridized carbons (Fsp3) is 0.400. The molecule has 1 rings (SSSR count). The zero-order chi connectivity index (χ0) is 13.0. The molecule has 0 aromatic carbocycles. The number of carbonyl (C=O) groups excluding carboxylic acids is 1. The molecule has 0 aliphatic rings. The van der Waals surface area contributed by atoms with Crippen molar-refractivity contribution in [2.75, 3.05) is 12.3 Å². The molecule has 1 aromatic heterocycles. The summed E-state index contributed by atoms with van der Waals surface area (Å²) in [6.07, 6.45) is -2.42. The number of esters is 1. The summed E-state index contributed by atoms with van der Waals surface area (Å²) in [4.78, 5) is 24.9. The van der Waals surface area contributed by atoms with E-state index in [9.17, 15) is 18.4 Å². The van der Waals surface area contributed by atoms with Crippen LogP contribution >= 0.6 is 0 Å². The van der Waals surface area contributed by atoms with Gasteiger partial charge >= 0.3 is 5.97 Å². The minimum Gasteiger partial charge on any atom is -0.466 e. The molecule has 0 spiro atoms. The molecule has 5 nitrogen and oxygen atoms in total. The molecular formula is C10H12F2N2O3. The number of halogens is 2. The summed E-state index contributed by atoms with van der Waals surface area (Å²) in [7, 11) is 0. The summed E-state index contributed by atoms with van der Waals surface area (Å²) in [5.41, 5.74) is 3.36. The Balaban J connectivity index is 3.15. The molecule has 0 amide bonds. The average molecular weight is 246 g/mol. The zero-order valence-corrected chi connectivity index (χ0v) is 9.13. The number of hydrogen-bond donors (Lipinski definition) is 2. The molecule has 0 saturated carbocycles. The molecule has 7 heteroatoms. The molecule has 17 heavy (non-hydrogen) atoms. The highest BCUT2D eigenvalue weighted by molar-refractivity contribution is 5.73. The second-order valence-corrected chi connectivity index (χ2v) is 3.25. The molecule has 94 valence electrons. The van der Waals surface area contributed by atoms with Gasteiger partial charge < -0.3 is 15.5 Å². The minimum absolute atomic E-state index is 0.114. The van der Waals surface area contributed by atoms with Crippen molar-refractivity contribution in [1.82, 2.24) is 4.98 Å². The third kappa shape index (κ3) is 3.02. The van der Waals surface area contributed by atoms with Gasteiger partial charge in [0.05, 0.1) is 24.4 Å². The second-order valence-electron chi connectivity index (χ2n) is 3.25. The number of ether oxygens (including phenoxy) is 1. The topological polar surface area (TPSA) is 85.2 Å². The molecule has 0 fully saturated rings. The van der Waals surface area contributed by atoms with Crippen molar-refractivity contribution in [3.05, 3.63) is 27.7 Å². The number of aromatic amines is 1. The Morgan fingerprint density at radius 3 is 2.76 bits per heavy atom. The molecule has 3 N–H and O–H groups in total. The zero-order valence-electron chi connectivity index (χ0n) is 9.13. The van der Waals surface area contributed by atoms with E-state index in [1.54, 1.807) is 6.92 Å². The van der Waals surface area contributed by atoms with Gasteiger partial charge in [-0.25, -0.2) is 8.78 Å². The molecule has 0 unspecified atom stereocenters. The number of pyridine rings is 1. The lowest BCUT2D eigenvalue weighted by Crippen LogP contribution is -2.22. The van der Waals surface area contributed by atoms with Crippen molar-refractivity contribution in [1.29, 1.82) is 0 Å². The number of H-pyrrole nitrogens is 1. The number of nitrogens with one attached hydrogen (secondary N) is 1. The Labute approximate surface area is 95.6 Å². The van der Waals surface area contributed by atoms with E-state index < -0.39 is 29.9 Å². The van der Waals surface area contributed by atoms with Gasteiger partial charge in [-0.2, -0.15) is 0 Å². The first-order valence-electron chi connectivity index (χ1n) is 4.91. The molecule has 0 radical (unpaired) electrons. The molecular weight excluding hydrogens is 234 g/mol. The number of nitrogens with two attached hydrogens (primary N) is 1. The van der Waals surface area contributed by atoms with Gasteiger partial charge in [0.25, 0.3) is 6.43 Å². The van der Waals surface area contributed by atoms with Gasteiger partial charge in [0.1, 0.15) is 0 Å². The lowest BCUT2D eigenvalue weighted by Gasteiger charge is -2.08. The number of nitrogen functional groups attached to an aromatic ring is 1. The summed E-state index contributed by atoms with van der Waals surface area (Å²) in [6, 6.07) is 0. The Morgan fingerprint density at radius 2 is 2.24 bits per heavy atom. The van der Waals surface area contributed by atoms with Crippen molar-refractivity contribution < 1.29 is 18.3 Å². The van der Waals surface area contributed by atoms with E-state index >= 15 is 0 Å². The van der Waals surface area contributed by atoms with Crippen molar-refractivity contribution >= 4 is 11.7 Å². The predicted octanol–water partition coefficient (Wildman–Crippen LogP) is 1.00. The number of alkyl halides is 2. The highest BCUT2D eigenvalue weighted by Gasteiger charge is 2.20. The fourth-order valence-corrected chi connectivity index (χ4v) is 1.33. The monoisotopic (exact) mass is 246 g/mol. The van der Waals surface area contributed by atoms with Crippen molar-refractivity contribution in [3.63, 3.8) is 0 Å². The second kappa shape index (κ2) is 5.42. The van der Waals surface area contributed by atoms with Crippen LogP contribution in [0.5, 0.6) is 0 Å². The Bertz CT molecular complexity index is 471. The maximum Gasteiger partial charge on any atom is 0.310 e. The van der Waals surface area contributed by atoms with Gasteiger partial charge in [-0.15, -0.1) is 0 Å². The van der Waals surface area contributed by atoms with E-state index in [0.29, 0.717) is 0 Å². The van der Waals surface area contributed by atoms with Gasteiger partial charge in [-0.3, -0.25) is 9.59 Å². The van der Waals surface area contributed by atoms with Crippen LogP contribution in [-0.2, 0) is 16.0 Å². The van der Waals surface area contributed by atoms with Gasteiger partial charge in [-0.05, 0) is 6.92 Å². The standard InChI is InChI=1S/C10H12F2N2O3/c1-2-17-7(15)3-5-8(10(11)12)14-4-6(13)9(5)16/h4,10H,2-3,13H2,1H3,(H,14,16). The first kappa shape index (κ1) is 13.1. The van der Waals surface area contributed by atoms with Crippen LogP contribution in [0.1, 0.15) is 24.6 Å². The fourth-order valence-electron chi connectivity index (χ4n) is 1.33. The number of aromatic nitrogens is 1. The van der Waals surface area contributed by atoms with Crippen molar-refractivity contribution in [2.24, 2.45) is 0 Å². The minimum atomic E-state index is -2.88. The van der Waals surface area contributed by atoms with Gasteiger partial charge in [-0.1, -0.05) is 0 Å². The smallest absolute Gasteiger partial charge is 0.310 e. The van der Waals surface area contributed by atoms with Crippen LogP contribution in [0.15, 0.2) is 11.0 Å². The predicted molar refractivity (Wildman–Crippen MR) is 56.8 cm³/mol. The summed E-state index contributed by atoms with van der Waals surface area (Å²) in [6.45, 7) is 1.69. The highest BCUT2D eigenvalue weighted by Crippen LogP contribution is 2.19. The summed E-state index contributed by atoms with van der Waals surface area (Å²) >= 11 is 0. The maximum atomic E-state index is 12.6. The van der Waals surface area contributed by atoms with Crippen LogP contribution in [0.25, 0.3) is 0 Å². The molecule has 1 heterocycles. The quantitative estimate of drug-likeness (QED) is 0.776. The van der Waals surface area contributed by atoms with Crippen LogP contribution in [0, 0.1) is 0 Å². The van der Waals surface area contributed by atoms with Crippen LogP contribution < -0.4 is 11.2 Å². The lowest BCUT2D eigenvalue weighted by molar-refractivity contribution is -0.142. The van der Waals surface area contributed by atoms with Crippen molar-refractivity contribution in [3.8, 4) is 0 Å². The number of rotatable bonds is 4. The number of carbonyl (C=O) groups is 1. The first-order valence-corrected chi connectivity index (χ1v) is 4.91. The van der Waals surface area contributed by atoms with Gasteiger partial charge in [0.2, 0.25) is 5.43 Å². The molecule has 0 aliphatic heterocycles. The van der Waals surface area contributed by atoms with Crippen molar-refractivity contribution in [2.45, 2.75) is 19.8 Å². The van der Waals surface area contributed by atoms with Gasteiger partial charge in [0, 0.05) is 11.8 Å². The molecule has 1 aromatic rings. The summed E-state index contributed by atoms with van der Waals surface area (Å²) < 4.78 is 29.8.